The number of nitrogens with one attached hydrogen (secondary N) is 1. The van der Waals surface area contributed by atoms with E-state index < -0.39 is 4.92 Å². The monoisotopic (exact) mass is 325 g/mol. The van der Waals surface area contributed by atoms with Gasteiger partial charge in [-0.15, -0.1) is 0 Å². The highest BCUT2D eigenvalue weighted by molar-refractivity contribution is 5.81. The number of aryl methyl sites for hydroxylation is 1. The molecule has 0 unspecified atom stereocenters. The van der Waals surface area contributed by atoms with Crippen LogP contribution in [0.3, 0.4) is 0 Å². The van der Waals surface area contributed by atoms with Crippen LogP contribution in [-0.4, -0.2) is 29.2 Å². The first-order valence-electron chi connectivity index (χ1n) is 7.88. The number of aromatic nitrogens is 1. The molecule has 1 aliphatic rings. The smallest absolute Gasteiger partial charge is 0.287 e. The molecule has 1 fully saturated rings. The van der Waals surface area contributed by atoms with Gasteiger partial charge >= 0.3 is 0 Å². The van der Waals surface area contributed by atoms with Gasteiger partial charge in [-0.3, -0.25) is 15.5 Å². The Bertz CT molecular complexity index is 752. The number of rotatable bonds is 5. The SMILES string of the molecule is Cc1cc(C=NNc2ccc([N+](=O)[O-])cn2)ccc1N1CCCC1. The van der Waals surface area contributed by atoms with Crippen molar-refractivity contribution in [1.29, 1.82) is 0 Å². The van der Waals surface area contributed by atoms with Crippen molar-refractivity contribution < 1.29 is 4.92 Å². The molecule has 2 aromatic rings. The lowest BCUT2D eigenvalue weighted by Crippen LogP contribution is -2.18. The molecule has 0 amide bonds. The maximum atomic E-state index is 10.6. The molecule has 1 aliphatic heterocycles. The van der Waals surface area contributed by atoms with Crippen molar-refractivity contribution in [3.63, 3.8) is 0 Å². The van der Waals surface area contributed by atoms with Crippen molar-refractivity contribution in [2.75, 3.05) is 23.4 Å². The first-order chi connectivity index (χ1) is 11.6. The standard InChI is InChI=1S/C17H19N5O2/c1-13-10-14(4-6-16(13)21-8-2-3-9-21)11-19-20-17-7-5-15(12-18-17)22(23)24/h4-7,10-12H,2-3,8-9H2,1H3,(H,18,20). The van der Waals surface area contributed by atoms with Crippen LogP contribution in [0.15, 0.2) is 41.6 Å². The van der Waals surface area contributed by atoms with E-state index in [1.54, 1.807) is 6.21 Å². The van der Waals surface area contributed by atoms with E-state index in [-0.39, 0.29) is 5.69 Å². The lowest BCUT2D eigenvalue weighted by molar-refractivity contribution is -0.385. The third-order valence-electron chi connectivity index (χ3n) is 4.02. The summed E-state index contributed by atoms with van der Waals surface area (Å²) in [7, 11) is 0. The van der Waals surface area contributed by atoms with Crippen molar-refractivity contribution in [3.8, 4) is 0 Å². The molecule has 24 heavy (non-hydrogen) atoms. The molecule has 0 atom stereocenters. The van der Waals surface area contributed by atoms with Gasteiger partial charge < -0.3 is 4.90 Å². The summed E-state index contributed by atoms with van der Waals surface area (Å²) in [6.45, 7) is 4.36. The molecule has 1 N–H and O–H groups in total. The summed E-state index contributed by atoms with van der Waals surface area (Å²) in [6.07, 6.45) is 5.43. The van der Waals surface area contributed by atoms with E-state index in [0.717, 1.165) is 18.7 Å². The summed E-state index contributed by atoms with van der Waals surface area (Å²) in [5, 5.41) is 14.7. The molecule has 3 rings (SSSR count). The van der Waals surface area contributed by atoms with E-state index >= 15 is 0 Å². The van der Waals surface area contributed by atoms with Gasteiger partial charge in [-0.25, -0.2) is 4.98 Å². The lowest BCUT2D eigenvalue weighted by Gasteiger charge is -2.20. The summed E-state index contributed by atoms with van der Waals surface area (Å²) in [6, 6.07) is 9.18. The van der Waals surface area contributed by atoms with Crippen LogP contribution < -0.4 is 10.3 Å². The Morgan fingerprint density at radius 2 is 2.08 bits per heavy atom. The molecule has 7 nitrogen and oxygen atoms in total. The first kappa shape index (κ1) is 15.9. The zero-order valence-electron chi connectivity index (χ0n) is 13.5. The summed E-state index contributed by atoms with van der Waals surface area (Å²) < 4.78 is 0. The van der Waals surface area contributed by atoms with Gasteiger partial charge in [-0.1, -0.05) is 6.07 Å². The molecule has 7 heteroatoms. The summed E-state index contributed by atoms with van der Waals surface area (Å²) in [4.78, 5) is 16.5. The number of nitro groups is 1. The number of hydrogen-bond donors (Lipinski definition) is 1. The molecular formula is C17H19N5O2. The van der Waals surface area contributed by atoms with Crippen molar-refractivity contribution in [2.24, 2.45) is 5.10 Å². The van der Waals surface area contributed by atoms with E-state index in [4.69, 9.17) is 0 Å². The van der Waals surface area contributed by atoms with E-state index in [9.17, 15) is 10.1 Å². The van der Waals surface area contributed by atoms with Crippen LogP contribution >= 0.6 is 0 Å². The molecule has 1 saturated heterocycles. The van der Waals surface area contributed by atoms with Crippen LogP contribution in [0.5, 0.6) is 0 Å². The van der Waals surface area contributed by atoms with Gasteiger partial charge in [0.2, 0.25) is 0 Å². The van der Waals surface area contributed by atoms with Gasteiger partial charge in [0, 0.05) is 24.8 Å². The highest BCUT2D eigenvalue weighted by Crippen LogP contribution is 2.24. The van der Waals surface area contributed by atoms with Gasteiger partial charge in [0.25, 0.3) is 5.69 Å². The second kappa shape index (κ2) is 7.08. The highest BCUT2D eigenvalue weighted by atomic mass is 16.6. The van der Waals surface area contributed by atoms with Gasteiger partial charge in [-0.2, -0.15) is 5.10 Å². The van der Waals surface area contributed by atoms with Gasteiger partial charge in [-0.05, 0) is 49.1 Å². The average molecular weight is 325 g/mol. The van der Waals surface area contributed by atoms with Gasteiger partial charge in [0.1, 0.15) is 12.0 Å². The fourth-order valence-electron chi connectivity index (χ4n) is 2.80. The molecule has 0 saturated carbocycles. The first-order valence-corrected chi connectivity index (χ1v) is 7.88. The fourth-order valence-corrected chi connectivity index (χ4v) is 2.80. The Balaban J connectivity index is 1.63. The maximum Gasteiger partial charge on any atom is 0.287 e. The molecule has 1 aromatic heterocycles. The average Bonchev–Trinajstić information content (AvgIpc) is 3.10. The van der Waals surface area contributed by atoms with E-state index in [1.807, 2.05) is 6.07 Å². The lowest BCUT2D eigenvalue weighted by atomic mass is 10.1. The molecule has 2 heterocycles. The summed E-state index contributed by atoms with van der Waals surface area (Å²) >= 11 is 0. The third-order valence-corrected chi connectivity index (χ3v) is 4.02. The van der Waals surface area contributed by atoms with Crippen molar-refractivity contribution in [2.45, 2.75) is 19.8 Å². The summed E-state index contributed by atoms with van der Waals surface area (Å²) in [5.41, 5.74) is 6.24. The second-order valence-corrected chi connectivity index (χ2v) is 5.77. The largest absolute Gasteiger partial charge is 0.371 e. The van der Waals surface area contributed by atoms with Crippen LogP contribution in [0.25, 0.3) is 0 Å². The Morgan fingerprint density at radius 1 is 1.29 bits per heavy atom. The zero-order chi connectivity index (χ0) is 16.9. The summed E-state index contributed by atoms with van der Waals surface area (Å²) in [5.74, 6) is 0.460. The molecule has 0 radical (unpaired) electrons. The van der Waals surface area contributed by atoms with Crippen LogP contribution in [0.2, 0.25) is 0 Å². The number of hydrazone groups is 1. The van der Waals surface area contributed by atoms with Crippen LogP contribution in [0.1, 0.15) is 24.0 Å². The topological polar surface area (TPSA) is 83.7 Å². The van der Waals surface area contributed by atoms with Crippen molar-refractivity contribution in [1.82, 2.24) is 4.98 Å². The Morgan fingerprint density at radius 3 is 2.71 bits per heavy atom. The van der Waals surface area contributed by atoms with Crippen LogP contribution in [0.4, 0.5) is 17.2 Å². The number of hydrogen-bond acceptors (Lipinski definition) is 6. The second-order valence-electron chi connectivity index (χ2n) is 5.77. The minimum atomic E-state index is -0.481. The van der Waals surface area contributed by atoms with Crippen LogP contribution in [0, 0.1) is 17.0 Å². The third kappa shape index (κ3) is 3.68. The predicted octanol–water partition coefficient (Wildman–Crippen LogP) is 3.34. The molecule has 0 spiro atoms. The highest BCUT2D eigenvalue weighted by Gasteiger charge is 2.13. The predicted molar refractivity (Wildman–Crippen MR) is 94.7 cm³/mol. The molecule has 124 valence electrons. The molecular weight excluding hydrogens is 306 g/mol. The molecule has 1 aromatic carbocycles. The molecule has 0 bridgehead atoms. The van der Waals surface area contributed by atoms with Crippen molar-refractivity contribution in [3.05, 3.63) is 57.8 Å². The van der Waals surface area contributed by atoms with Crippen molar-refractivity contribution >= 4 is 23.4 Å². The Hall–Kier alpha value is -2.96. The Kier molecular flexibility index (Phi) is 4.69. The van der Waals surface area contributed by atoms with E-state index in [0.29, 0.717) is 5.82 Å². The van der Waals surface area contributed by atoms with Gasteiger partial charge in [0.05, 0.1) is 11.1 Å². The van der Waals surface area contributed by atoms with Gasteiger partial charge in [0.15, 0.2) is 0 Å². The number of nitrogens with zero attached hydrogens (tertiary/aromatic N) is 4. The van der Waals surface area contributed by atoms with Crippen LogP contribution in [-0.2, 0) is 0 Å². The normalized spacial score (nSPS) is 14.3. The van der Waals surface area contributed by atoms with E-state index in [1.165, 1.54) is 42.4 Å². The molecule has 0 aliphatic carbocycles. The zero-order valence-corrected chi connectivity index (χ0v) is 13.5. The maximum absolute atomic E-state index is 10.6. The Labute approximate surface area is 140 Å². The fraction of sp³-hybridized carbons (Fsp3) is 0.294. The quantitative estimate of drug-likeness (QED) is 0.518. The minimum Gasteiger partial charge on any atom is -0.371 e. The van der Waals surface area contributed by atoms with E-state index in [2.05, 4.69) is 39.5 Å². The number of anilines is 2. The number of benzene rings is 1. The number of pyridine rings is 1. The minimum absolute atomic E-state index is 0.0438.